The second kappa shape index (κ2) is 10.4. The molecule has 0 bridgehead atoms. The van der Waals surface area contributed by atoms with Crippen LogP contribution < -0.4 is 14.8 Å². The predicted molar refractivity (Wildman–Crippen MR) is 135 cm³/mol. The Bertz CT molecular complexity index is 1080. The van der Waals surface area contributed by atoms with Gasteiger partial charge in [0.1, 0.15) is 5.82 Å². The van der Waals surface area contributed by atoms with Crippen LogP contribution >= 0.6 is 0 Å². The molecule has 2 heterocycles. The standard InChI is InChI=1S/C28H35N3O2/c1-32-26-19-24-22-11-7-12-23(22)28(29-14-13-21-9-3-2-4-10-21)30-25(24)20-27(26)33-18-8-17-31-15-5-6-16-31/h2-4,9-10,19-20H,5-8,11-18H2,1H3,(H,29,30). The lowest BCUT2D eigenvalue weighted by Gasteiger charge is -2.17. The van der Waals surface area contributed by atoms with Crippen molar-refractivity contribution in [2.45, 2.75) is 44.9 Å². The van der Waals surface area contributed by atoms with Gasteiger partial charge in [-0.3, -0.25) is 0 Å². The van der Waals surface area contributed by atoms with Gasteiger partial charge in [0.15, 0.2) is 11.5 Å². The van der Waals surface area contributed by atoms with Crippen LogP contribution in [0.2, 0.25) is 0 Å². The molecule has 5 heteroatoms. The summed E-state index contributed by atoms with van der Waals surface area (Å²) < 4.78 is 11.9. The summed E-state index contributed by atoms with van der Waals surface area (Å²) in [5.74, 6) is 2.65. The lowest BCUT2D eigenvalue weighted by atomic mass is 10.0. The molecule has 1 aromatic heterocycles. The fourth-order valence-electron chi connectivity index (χ4n) is 5.24. The van der Waals surface area contributed by atoms with E-state index in [0.29, 0.717) is 6.61 Å². The van der Waals surface area contributed by atoms with Crippen molar-refractivity contribution in [2.24, 2.45) is 0 Å². The van der Waals surface area contributed by atoms with Crippen LogP contribution in [0.15, 0.2) is 42.5 Å². The first-order valence-corrected chi connectivity index (χ1v) is 12.5. The van der Waals surface area contributed by atoms with Crippen LogP contribution in [0.25, 0.3) is 10.9 Å². The minimum atomic E-state index is 0.700. The molecule has 3 aromatic rings. The van der Waals surface area contributed by atoms with Crippen LogP contribution in [0.5, 0.6) is 11.5 Å². The number of pyridine rings is 1. The minimum absolute atomic E-state index is 0.700. The molecule has 1 aliphatic heterocycles. The number of benzene rings is 2. The third-order valence-electron chi connectivity index (χ3n) is 6.97. The van der Waals surface area contributed by atoms with E-state index in [1.807, 2.05) is 0 Å². The summed E-state index contributed by atoms with van der Waals surface area (Å²) in [5, 5.41) is 4.83. The number of aryl methyl sites for hydroxylation is 1. The fourth-order valence-corrected chi connectivity index (χ4v) is 5.24. The molecule has 1 N–H and O–H groups in total. The van der Waals surface area contributed by atoms with Crippen LogP contribution in [-0.2, 0) is 19.3 Å². The average molecular weight is 446 g/mol. The van der Waals surface area contributed by atoms with Crippen LogP contribution in [-0.4, -0.2) is 49.8 Å². The summed E-state index contributed by atoms with van der Waals surface area (Å²) in [6, 6.07) is 14.8. The fraction of sp³-hybridized carbons (Fsp3) is 0.464. The van der Waals surface area contributed by atoms with E-state index in [-0.39, 0.29) is 0 Å². The van der Waals surface area contributed by atoms with E-state index < -0.39 is 0 Å². The van der Waals surface area contributed by atoms with Gasteiger partial charge in [0.2, 0.25) is 0 Å². The zero-order valence-electron chi connectivity index (χ0n) is 19.7. The first-order valence-electron chi connectivity index (χ1n) is 12.5. The molecule has 0 spiro atoms. The highest BCUT2D eigenvalue weighted by Crippen LogP contribution is 2.39. The summed E-state index contributed by atoms with van der Waals surface area (Å²) in [4.78, 5) is 7.58. The maximum Gasteiger partial charge on any atom is 0.163 e. The van der Waals surface area contributed by atoms with E-state index in [2.05, 4.69) is 52.7 Å². The number of likely N-dealkylation sites (tertiary alicyclic amines) is 1. The van der Waals surface area contributed by atoms with Gasteiger partial charge in [-0.25, -0.2) is 4.98 Å². The van der Waals surface area contributed by atoms with Gasteiger partial charge in [-0.2, -0.15) is 0 Å². The van der Waals surface area contributed by atoms with Crippen molar-refractivity contribution in [2.75, 3.05) is 45.2 Å². The third-order valence-corrected chi connectivity index (χ3v) is 6.97. The van der Waals surface area contributed by atoms with E-state index in [1.165, 1.54) is 54.4 Å². The minimum Gasteiger partial charge on any atom is -0.493 e. The maximum atomic E-state index is 6.18. The van der Waals surface area contributed by atoms with Crippen molar-refractivity contribution in [3.63, 3.8) is 0 Å². The van der Waals surface area contributed by atoms with E-state index in [9.17, 15) is 0 Å². The van der Waals surface area contributed by atoms with Gasteiger partial charge in [-0.1, -0.05) is 30.3 Å². The highest BCUT2D eigenvalue weighted by Gasteiger charge is 2.21. The quantitative estimate of drug-likeness (QED) is 0.432. The molecule has 1 saturated heterocycles. The lowest BCUT2D eigenvalue weighted by Crippen LogP contribution is -2.21. The van der Waals surface area contributed by atoms with Crippen molar-refractivity contribution in [3.8, 4) is 11.5 Å². The van der Waals surface area contributed by atoms with Crippen LogP contribution in [0.1, 0.15) is 42.4 Å². The Kier molecular flexibility index (Phi) is 6.96. The molecule has 0 radical (unpaired) electrons. The number of aromatic nitrogens is 1. The van der Waals surface area contributed by atoms with E-state index >= 15 is 0 Å². The number of nitrogens with one attached hydrogen (secondary N) is 1. The van der Waals surface area contributed by atoms with Gasteiger partial charge in [0, 0.05) is 24.5 Å². The summed E-state index contributed by atoms with van der Waals surface area (Å²) >= 11 is 0. The Morgan fingerprint density at radius 3 is 2.61 bits per heavy atom. The number of hydrogen-bond acceptors (Lipinski definition) is 5. The molecule has 0 saturated carbocycles. The molecule has 0 amide bonds. The van der Waals surface area contributed by atoms with Crippen molar-refractivity contribution in [1.29, 1.82) is 0 Å². The molecule has 2 aromatic carbocycles. The smallest absolute Gasteiger partial charge is 0.163 e. The molecule has 1 fully saturated rings. The van der Waals surface area contributed by atoms with E-state index in [0.717, 1.165) is 61.6 Å². The monoisotopic (exact) mass is 445 g/mol. The molecular formula is C28H35N3O2. The van der Waals surface area contributed by atoms with E-state index in [1.54, 1.807) is 7.11 Å². The number of anilines is 1. The SMILES string of the molecule is COc1cc2c3c(c(NCCc4ccccc4)nc2cc1OCCCN1CCCC1)CCC3. The molecule has 5 rings (SSSR count). The highest BCUT2D eigenvalue weighted by atomic mass is 16.5. The number of nitrogens with zero attached hydrogens (tertiary/aromatic N) is 2. The first kappa shape index (κ1) is 22.0. The van der Waals surface area contributed by atoms with Gasteiger partial charge in [-0.15, -0.1) is 0 Å². The van der Waals surface area contributed by atoms with Crippen molar-refractivity contribution in [3.05, 3.63) is 59.2 Å². The van der Waals surface area contributed by atoms with Crippen molar-refractivity contribution < 1.29 is 9.47 Å². The summed E-state index contributed by atoms with van der Waals surface area (Å²) in [5.41, 5.74) is 5.13. The molecule has 5 nitrogen and oxygen atoms in total. The number of fused-ring (bicyclic) bond motifs is 3. The second-order valence-corrected chi connectivity index (χ2v) is 9.20. The lowest BCUT2D eigenvalue weighted by molar-refractivity contribution is 0.254. The summed E-state index contributed by atoms with van der Waals surface area (Å²) in [7, 11) is 1.73. The van der Waals surface area contributed by atoms with Crippen molar-refractivity contribution >= 4 is 16.7 Å². The Morgan fingerprint density at radius 1 is 0.970 bits per heavy atom. The number of rotatable bonds is 10. The average Bonchev–Trinajstić information content (AvgIpc) is 3.55. The number of hydrogen-bond donors (Lipinski definition) is 1. The molecule has 33 heavy (non-hydrogen) atoms. The summed E-state index contributed by atoms with van der Waals surface area (Å²) in [6.45, 7) is 5.15. The Hall–Kier alpha value is -2.79. The highest BCUT2D eigenvalue weighted by molar-refractivity contribution is 5.89. The maximum absolute atomic E-state index is 6.18. The molecule has 0 unspecified atom stereocenters. The number of methoxy groups -OCH3 is 1. The largest absolute Gasteiger partial charge is 0.493 e. The second-order valence-electron chi connectivity index (χ2n) is 9.20. The van der Waals surface area contributed by atoms with Crippen LogP contribution in [0.4, 0.5) is 5.82 Å². The van der Waals surface area contributed by atoms with Crippen LogP contribution in [0, 0.1) is 0 Å². The first-order chi connectivity index (χ1) is 16.3. The predicted octanol–water partition coefficient (Wildman–Crippen LogP) is 5.25. The normalized spacial score (nSPS) is 15.7. The zero-order chi connectivity index (χ0) is 22.5. The van der Waals surface area contributed by atoms with Gasteiger partial charge in [-0.05, 0) is 80.8 Å². The summed E-state index contributed by atoms with van der Waals surface area (Å²) in [6.07, 6.45) is 8.05. The van der Waals surface area contributed by atoms with Crippen molar-refractivity contribution in [1.82, 2.24) is 9.88 Å². The Morgan fingerprint density at radius 2 is 1.79 bits per heavy atom. The molecular weight excluding hydrogens is 410 g/mol. The zero-order valence-corrected chi connectivity index (χ0v) is 19.7. The van der Waals surface area contributed by atoms with Gasteiger partial charge in [0.25, 0.3) is 0 Å². The van der Waals surface area contributed by atoms with Gasteiger partial charge in [0.05, 0.1) is 19.2 Å². The van der Waals surface area contributed by atoms with Gasteiger partial charge < -0.3 is 19.7 Å². The molecule has 1 aliphatic carbocycles. The van der Waals surface area contributed by atoms with E-state index in [4.69, 9.17) is 14.5 Å². The molecule has 174 valence electrons. The Labute approximate surface area is 197 Å². The van der Waals surface area contributed by atoms with Crippen LogP contribution in [0.3, 0.4) is 0 Å². The number of ether oxygens (including phenoxy) is 2. The Balaban J connectivity index is 1.33. The topological polar surface area (TPSA) is 46.6 Å². The molecule has 2 aliphatic rings. The third kappa shape index (κ3) is 5.09. The molecule has 0 atom stereocenters. The van der Waals surface area contributed by atoms with Gasteiger partial charge >= 0.3 is 0 Å².